The molecule has 0 aromatic heterocycles. The van der Waals surface area contributed by atoms with E-state index in [9.17, 15) is 5.11 Å². The van der Waals surface area contributed by atoms with Crippen molar-refractivity contribution in [3.05, 3.63) is 155 Å². The average Bonchev–Trinajstić information content (AvgIpc) is 3.40. The van der Waals surface area contributed by atoms with Gasteiger partial charge in [0.2, 0.25) is 12.6 Å². The summed E-state index contributed by atoms with van der Waals surface area (Å²) in [5.74, 6) is 4.03. The zero-order chi connectivity index (χ0) is 52.6. The number of aliphatic hydroxyl groups excluding tert-OH is 1. The number of aliphatic hydroxyl groups is 1. The van der Waals surface area contributed by atoms with Crippen LogP contribution < -0.4 is 9.47 Å². The normalized spacial score (nSPS) is 29.9. The zero-order valence-corrected chi connectivity index (χ0v) is 45.1. The Hall–Kier alpha value is -4.98. The number of phenolic OH excluding ortho intramolecular Hbond substituents is 2. The number of rotatable bonds is 16. The molecule has 8 rings (SSSR count). The van der Waals surface area contributed by atoms with Crippen LogP contribution in [-0.4, -0.2) is 71.3 Å². The summed E-state index contributed by atoms with van der Waals surface area (Å²) < 4.78 is 51.9. The summed E-state index contributed by atoms with van der Waals surface area (Å²) in [6.07, 6.45) is -0.378. The van der Waals surface area contributed by atoms with Gasteiger partial charge in [-0.15, -0.1) is 0 Å². The summed E-state index contributed by atoms with van der Waals surface area (Å²) in [7, 11) is 0. The van der Waals surface area contributed by atoms with Crippen LogP contribution in [0.3, 0.4) is 0 Å². The van der Waals surface area contributed by atoms with Crippen molar-refractivity contribution in [2.45, 2.75) is 158 Å². The highest BCUT2D eigenvalue weighted by atomic mass is 16.7. The van der Waals surface area contributed by atoms with E-state index in [1.54, 1.807) is 13.0 Å². The third-order valence-corrected chi connectivity index (χ3v) is 15.6. The van der Waals surface area contributed by atoms with E-state index >= 15 is 0 Å². The summed E-state index contributed by atoms with van der Waals surface area (Å²) in [5.41, 5.74) is 5.02. The van der Waals surface area contributed by atoms with Crippen molar-refractivity contribution in [1.82, 2.24) is 0 Å². The van der Waals surface area contributed by atoms with Gasteiger partial charge in [0, 0.05) is 29.9 Å². The molecule has 3 N–H and O–H groups in total. The summed E-state index contributed by atoms with van der Waals surface area (Å²) in [5, 5.41) is 27.3. The van der Waals surface area contributed by atoms with Crippen LogP contribution in [0.25, 0.3) is 0 Å². The van der Waals surface area contributed by atoms with Gasteiger partial charge in [0.15, 0.2) is 6.29 Å². The second kappa shape index (κ2) is 28.1. The van der Waals surface area contributed by atoms with Crippen LogP contribution in [0.5, 0.6) is 23.0 Å². The number of phenols is 2. The highest BCUT2D eigenvalue weighted by Crippen LogP contribution is 2.40. The zero-order valence-electron chi connectivity index (χ0n) is 45.1. The third-order valence-electron chi connectivity index (χ3n) is 15.6. The van der Waals surface area contributed by atoms with E-state index in [1.807, 2.05) is 79.7 Å². The molecule has 0 radical (unpaired) electrons. The van der Waals surface area contributed by atoms with Crippen LogP contribution >= 0.6 is 0 Å². The Bertz CT molecular complexity index is 2340. The Labute approximate surface area is 436 Å². The minimum absolute atomic E-state index is 0.0955. The molecule has 3 aliphatic heterocycles. The monoisotopic (exact) mass is 1000 g/mol. The van der Waals surface area contributed by atoms with Crippen molar-refractivity contribution < 1.29 is 53.2 Å². The van der Waals surface area contributed by atoms with Gasteiger partial charge in [-0.2, -0.15) is 0 Å². The minimum atomic E-state index is -0.633. The Morgan fingerprint density at radius 2 is 0.959 bits per heavy atom. The van der Waals surface area contributed by atoms with Crippen molar-refractivity contribution in [3.63, 3.8) is 0 Å². The van der Waals surface area contributed by atoms with E-state index in [2.05, 4.69) is 98.7 Å². The van der Waals surface area contributed by atoms with Gasteiger partial charge in [-0.3, -0.25) is 0 Å². The van der Waals surface area contributed by atoms with Crippen molar-refractivity contribution in [3.8, 4) is 23.0 Å². The maximum atomic E-state index is 9.55. The molecular formula is C62H84O11. The van der Waals surface area contributed by atoms with E-state index < -0.39 is 24.8 Å². The number of hydrogen-bond acceptors (Lipinski definition) is 11. The molecule has 0 spiro atoms. The summed E-state index contributed by atoms with van der Waals surface area (Å²) in [6, 6.07) is 41.1. The lowest BCUT2D eigenvalue weighted by Gasteiger charge is -2.45. The van der Waals surface area contributed by atoms with Crippen LogP contribution in [0.2, 0.25) is 0 Å². The van der Waals surface area contributed by atoms with Crippen LogP contribution in [0.1, 0.15) is 103 Å². The SMILES string of the molecule is CCC1OC(O)C(C)[C@@H](C)[C@@H]1C.CCC1O[C@@H](Oc2ccc(C)c(O[C@@H]3OC(COCc4ccccc4)[C@@H](OCc4ccccc4)[C@H](OCc4ccccc4)C3C)c2)C(C)[C@@H](C)[C@@H]1C.Cc1ccc(O)cc1O. The fourth-order valence-corrected chi connectivity index (χ4v) is 9.86. The first-order chi connectivity index (χ1) is 35.1. The second-order valence-corrected chi connectivity index (χ2v) is 20.6. The standard InChI is InChI=1S/C45H56O7.C10H20O2.C7H8O2/c1-7-39-32(4)31(3)33(5)44(50-39)49-38-24-23-30(2)40(25-38)51-45-34(6)42(47-27-36-19-13-9-14-20-36)43(48-28-37-21-15-10-16-22-37)41(52-45)29-46-26-35-17-11-8-12-18-35;1-5-9-7(3)6(2)8(4)10(11)12-9;1-5-2-3-6(8)4-7(5)9/h8-25,31-34,39,41-45H,7,26-29H2,1-6H3;6-11H,5H2,1-4H3;2-4,8-9H,1H3/t31-,32-,33?,34?,39?,41?,42+,43+,44+,45+;6-,7-,8?,9?,10?;/m00./s1. The van der Waals surface area contributed by atoms with Gasteiger partial charge >= 0.3 is 0 Å². The molecule has 5 aromatic carbocycles. The lowest BCUT2D eigenvalue weighted by molar-refractivity contribution is -0.281. The molecule has 398 valence electrons. The van der Waals surface area contributed by atoms with Crippen molar-refractivity contribution in [1.29, 1.82) is 0 Å². The van der Waals surface area contributed by atoms with Crippen molar-refractivity contribution >= 4 is 0 Å². The van der Waals surface area contributed by atoms with E-state index in [0.717, 1.165) is 40.7 Å². The van der Waals surface area contributed by atoms with Crippen molar-refractivity contribution in [2.75, 3.05) is 6.61 Å². The molecule has 5 aromatic rings. The number of hydrogen-bond donors (Lipinski definition) is 3. The molecule has 0 saturated carbocycles. The number of aromatic hydroxyl groups is 2. The average molecular weight is 1010 g/mol. The van der Waals surface area contributed by atoms with Gasteiger partial charge in [0.25, 0.3) is 0 Å². The Morgan fingerprint density at radius 3 is 1.51 bits per heavy atom. The molecule has 73 heavy (non-hydrogen) atoms. The fraction of sp³-hybridized carbons (Fsp3) is 0.516. The molecular weight excluding hydrogens is 921 g/mol. The highest BCUT2D eigenvalue weighted by molar-refractivity contribution is 5.40. The predicted octanol–water partition coefficient (Wildman–Crippen LogP) is 13.0. The molecule has 11 heteroatoms. The molecule has 3 saturated heterocycles. The maximum absolute atomic E-state index is 9.55. The largest absolute Gasteiger partial charge is 0.508 e. The summed E-state index contributed by atoms with van der Waals surface area (Å²) >= 11 is 0. The number of aryl methyl sites for hydroxylation is 2. The molecule has 0 aliphatic carbocycles. The highest BCUT2D eigenvalue weighted by Gasteiger charge is 2.47. The Morgan fingerprint density at radius 1 is 0.466 bits per heavy atom. The first-order valence-corrected chi connectivity index (χ1v) is 26.6. The van der Waals surface area contributed by atoms with Crippen LogP contribution in [-0.2, 0) is 48.2 Å². The van der Waals surface area contributed by atoms with Gasteiger partial charge in [0.05, 0.1) is 44.7 Å². The van der Waals surface area contributed by atoms with Crippen LogP contribution in [0, 0.1) is 55.3 Å². The summed E-state index contributed by atoms with van der Waals surface area (Å²) in [4.78, 5) is 0. The molecule has 7 unspecified atom stereocenters. The second-order valence-electron chi connectivity index (χ2n) is 20.6. The molecule has 0 bridgehead atoms. The first-order valence-electron chi connectivity index (χ1n) is 26.6. The first kappa shape index (κ1) is 57.3. The molecule has 3 fully saturated rings. The lowest BCUT2D eigenvalue weighted by atomic mass is 9.78. The third kappa shape index (κ3) is 16.0. The van der Waals surface area contributed by atoms with Gasteiger partial charge in [-0.05, 0) is 90.3 Å². The topological polar surface area (TPSA) is 135 Å². The van der Waals surface area contributed by atoms with E-state index in [-0.39, 0.29) is 53.9 Å². The molecule has 3 aliphatic rings. The van der Waals surface area contributed by atoms with Crippen LogP contribution in [0.4, 0.5) is 0 Å². The molecule has 3 heterocycles. The quantitative estimate of drug-likeness (QED) is 0.0872. The Balaban J connectivity index is 0.000000340. The van der Waals surface area contributed by atoms with E-state index in [0.29, 0.717) is 61.6 Å². The lowest BCUT2D eigenvalue weighted by Crippen LogP contribution is -2.58. The van der Waals surface area contributed by atoms with Gasteiger partial charge < -0.3 is 53.2 Å². The van der Waals surface area contributed by atoms with E-state index in [1.165, 1.54) is 12.1 Å². The van der Waals surface area contributed by atoms with Gasteiger partial charge in [0.1, 0.15) is 35.2 Å². The predicted molar refractivity (Wildman–Crippen MR) is 286 cm³/mol. The maximum Gasteiger partial charge on any atom is 0.205 e. The number of benzene rings is 5. The van der Waals surface area contributed by atoms with Crippen molar-refractivity contribution in [2.24, 2.45) is 41.4 Å². The molecule has 15 atom stereocenters. The van der Waals surface area contributed by atoms with Gasteiger partial charge in [-0.1, -0.05) is 165 Å². The molecule has 0 amide bonds. The Kier molecular flexibility index (Phi) is 22.0. The van der Waals surface area contributed by atoms with Crippen LogP contribution in [0.15, 0.2) is 127 Å². The fourth-order valence-electron chi connectivity index (χ4n) is 9.86. The smallest absolute Gasteiger partial charge is 0.205 e. The van der Waals surface area contributed by atoms with E-state index in [4.69, 9.17) is 48.1 Å². The summed E-state index contributed by atoms with van der Waals surface area (Å²) in [6.45, 7) is 25.1. The molecule has 11 nitrogen and oxygen atoms in total. The minimum Gasteiger partial charge on any atom is -0.508 e. The van der Waals surface area contributed by atoms with Gasteiger partial charge in [-0.25, -0.2) is 0 Å². The number of ether oxygens (including phenoxy) is 8.